The van der Waals surface area contributed by atoms with Gasteiger partial charge >= 0.3 is 0 Å². The Hall–Kier alpha value is -3.00. The van der Waals surface area contributed by atoms with Crippen molar-refractivity contribution < 1.29 is 13.9 Å². The number of ether oxygens (including phenoxy) is 1. The molecule has 31 heavy (non-hydrogen) atoms. The number of carbonyl (C=O) groups excluding carboxylic acids is 1. The highest BCUT2D eigenvalue weighted by Crippen LogP contribution is 2.33. The van der Waals surface area contributed by atoms with Crippen LogP contribution in [0, 0.1) is 5.82 Å². The number of amides is 1. The molecule has 0 spiro atoms. The van der Waals surface area contributed by atoms with Crippen molar-refractivity contribution >= 4 is 69.1 Å². The molecule has 0 saturated heterocycles. The maximum Gasteiger partial charge on any atom is 0.259 e. The molecule has 4 aromatic rings. The number of benzene rings is 3. The van der Waals surface area contributed by atoms with Gasteiger partial charge in [0, 0.05) is 11.8 Å². The first-order valence-electron chi connectivity index (χ1n) is 8.91. The summed E-state index contributed by atoms with van der Waals surface area (Å²) in [7, 11) is 1.44. The molecule has 1 amide bonds. The van der Waals surface area contributed by atoms with Gasteiger partial charge in [-0.2, -0.15) is 0 Å². The fourth-order valence-corrected chi connectivity index (χ4v) is 3.56. The van der Waals surface area contributed by atoms with Gasteiger partial charge in [0.25, 0.3) is 5.91 Å². The SMILES string of the molecule is COc1cc2nc(Nc3c(Cl)cccc3Cl)[nH]c2cc1C(=O)Nc1ccc(Cl)c(F)c1. The number of aromatic nitrogens is 2. The van der Waals surface area contributed by atoms with Crippen LogP contribution in [0.2, 0.25) is 15.1 Å². The molecule has 4 rings (SSSR count). The predicted octanol–water partition coefficient (Wildman–Crippen LogP) is 6.67. The van der Waals surface area contributed by atoms with E-state index in [1.54, 1.807) is 30.3 Å². The lowest BCUT2D eigenvalue weighted by molar-refractivity contribution is 0.102. The molecule has 0 radical (unpaired) electrons. The van der Waals surface area contributed by atoms with Gasteiger partial charge in [0.05, 0.1) is 44.5 Å². The molecule has 0 unspecified atom stereocenters. The number of halogens is 4. The molecule has 0 bridgehead atoms. The highest BCUT2D eigenvalue weighted by atomic mass is 35.5. The van der Waals surface area contributed by atoms with Gasteiger partial charge in [0.2, 0.25) is 5.95 Å². The minimum atomic E-state index is -0.635. The van der Waals surface area contributed by atoms with Crippen molar-refractivity contribution in [2.45, 2.75) is 0 Å². The molecule has 1 aromatic heterocycles. The molecular weight excluding hydrogens is 466 g/mol. The molecule has 6 nitrogen and oxygen atoms in total. The summed E-state index contributed by atoms with van der Waals surface area (Å²) in [4.78, 5) is 20.3. The van der Waals surface area contributed by atoms with Gasteiger partial charge in [-0.1, -0.05) is 40.9 Å². The van der Waals surface area contributed by atoms with Gasteiger partial charge in [0.15, 0.2) is 0 Å². The van der Waals surface area contributed by atoms with Crippen molar-refractivity contribution in [3.05, 3.63) is 75.0 Å². The van der Waals surface area contributed by atoms with Crippen LogP contribution < -0.4 is 15.4 Å². The summed E-state index contributed by atoms with van der Waals surface area (Å²) >= 11 is 18.1. The van der Waals surface area contributed by atoms with Crippen molar-refractivity contribution in [3.8, 4) is 5.75 Å². The number of nitrogens with zero attached hydrogens (tertiary/aromatic N) is 1. The summed E-state index contributed by atoms with van der Waals surface area (Å²) in [6.07, 6.45) is 0. The average Bonchev–Trinajstić information content (AvgIpc) is 3.14. The lowest BCUT2D eigenvalue weighted by Crippen LogP contribution is -2.13. The van der Waals surface area contributed by atoms with E-state index in [0.29, 0.717) is 38.5 Å². The maximum absolute atomic E-state index is 13.7. The number of imidazole rings is 1. The number of rotatable bonds is 5. The van der Waals surface area contributed by atoms with E-state index >= 15 is 0 Å². The molecule has 0 atom stereocenters. The molecule has 1 heterocycles. The number of carbonyl (C=O) groups is 1. The van der Waals surface area contributed by atoms with Crippen LogP contribution in [-0.4, -0.2) is 23.0 Å². The number of nitrogens with one attached hydrogen (secondary N) is 3. The zero-order chi connectivity index (χ0) is 22.1. The van der Waals surface area contributed by atoms with Gasteiger partial charge in [-0.05, 0) is 36.4 Å². The number of hydrogen-bond donors (Lipinski definition) is 3. The van der Waals surface area contributed by atoms with E-state index in [9.17, 15) is 9.18 Å². The van der Waals surface area contributed by atoms with E-state index in [1.807, 2.05) is 0 Å². The van der Waals surface area contributed by atoms with Crippen molar-refractivity contribution in [1.82, 2.24) is 9.97 Å². The van der Waals surface area contributed by atoms with Crippen molar-refractivity contribution in [2.24, 2.45) is 0 Å². The largest absolute Gasteiger partial charge is 0.496 e. The van der Waals surface area contributed by atoms with Crippen LogP contribution in [-0.2, 0) is 0 Å². The van der Waals surface area contributed by atoms with Crippen LogP contribution in [0.15, 0.2) is 48.5 Å². The fraction of sp³-hybridized carbons (Fsp3) is 0.0476. The Morgan fingerprint density at radius 2 is 1.81 bits per heavy atom. The van der Waals surface area contributed by atoms with E-state index in [2.05, 4.69) is 20.6 Å². The Bertz CT molecular complexity index is 1290. The molecule has 0 aliphatic heterocycles. The number of aromatic amines is 1. The second kappa shape index (κ2) is 8.63. The van der Waals surface area contributed by atoms with E-state index in [1.165, 1.54) is 19.2 Å². The lowest BCUT2D eigenvalue weighted by Gasteiger charge is -2.10. The number of hydrogen-bond acceptors (Lipinski definition) is 4. The number of fused-ring (bicyclic) bond motifs is 1. The normalized spacial score (nSPS) is 10.9. The van der Waals surface area contributed by atoms with Crippen LogP contribution in [0.5, 0.6) is 5.75 Å². The van der Waals surface area contributed by atoms with Crippen molar-refractivity contribution in [3.63, 3.8) is 0 Å². The Labute approximate surface area is 191 Å². The summed E-state index contributed by atoms with van der Waals surface area (Å²) in [6.45, 7) is 0. The third-order valence-corrected chi connectivity index (χ3v) is 5.37. The monoisotopic (exact) mass is 478 g/mol. The summed E-state index contributed by atoms with van der Waals surface area (Å²) in [5.41, 5.74) is 2.11. The first-order valence-corrected chi connectivity index (χ1v) is 10.0. The predicted molar refractivity (Wildman–Crippen MR) is 122 cm³/mol. The van der Waals surface area contributed by atoms with Crippen LogP contribution in [0.4, 0.5) is 21.7 Å². The topological polar surface area (TPSA) is 79.0 Å². The van der Waals surface area contributed by atoms with Crippen LogP contribution in [0.25, 0.3) is 11.0 Å². The Balaban J connectivity index is 1.66. The number of H-pyrrole nitrogens is 1. The smallest absolute Gasteiger partial charge is 0.259 e. The van der Waals surface area contributed by atoms with Gasteiger partial charge in [-0.3, -0.25) is 4.79 Å². The van der Waals surface area contributed by atoms with Crippen LogP contribution in [0.1, 0.15) is 10.4 Å². The number of anilines is 3. The molecule has 0 aliphatic rings. The number of para-hydroxylation sites is 1. The third kappa shape index (κ3) is 4.39. The molecule has 3 aromatic carbocycles. The highest BCUT2D eigenvalue weighted by molar-refractivity contribution is 6.39. The Kier molecular flexibility index (Phi) is 5.91. The quantitative estimate of drug-likeness (QED) is 0.299. The first-order chi connectivity index (χ1) is 14.9. The summed E-state index contributed by atoms with van der Waals surface area (Å²) in [5.74, 6) is -0.444. The van der Waals surface area contributed by atoms with E-state index < -0.39 is 11.7 Å². The van der Waals surface area contributed by atoms with Crippen LogP contribution >= 0.6 is 34.8 Å². The minimum absolute atomic E-state index is 0.0342. The number of methoxy groups -OCH3 is 1. The summed E-state index contributed by atoms with van der Waals surface area (Å²) < 4.78 is 19.0. The van der Waals surface area contributed by atoms with Gasteiger partial charge in [-0.15, -0.1) is 0 Å². The lowest BCUT2D eigenvalue weighted by atomic mass is 10.1. The minimum Gasteiger partial charge on any atom is -0.496 e. The van der Waals surface area contributed by atoms with E-state index in [4.69, 9.17) is 39.5 Å². The molecule has 0 aliphatic carbocycles. The molecular formula is C21H14Cl3FN4O2. The van der Waals surface area contributed by atoms with E-state index in [-0.39, 0.29) is 16.3 Å². The summed E-state index contributed by atoms with van der Waals surface area (Å²) in [5, 5.41) is 6.49. The standard InChI is InChI=1S/C21H14Cl3FN4O2/c1-31-18-9-17-16(27-21(28-17)29-19-13(23)3-2-4-14(19)24)8-11(18)20(30)26-10-5-6-12(22)15(25)7-10/h2-9H,1H3,(H,26,30)(H2,27,28,29). The third-order valence-electron chi connectivity index (χ3n) is 4.43. The molecule has 0 saturated carbocycles. The molecule has 0 fully saturated rings. The zero-order valence-corrected chi connectivity index (χ0v) is 18.2. The van der Waals surface area contributed by atoms with E-state index in [0.717, 1.165) is 6.07 Å². The highest BCUT2D eigenvalue weighted by Gasteiger charge is 2.17. The van der Waals surface area contributed by atoms with Crippen molar-refractivity contribution in [2.75, 3.05) is 17.7 Å². The maximum atomic E-state index is 13.7. The second-order valence-corrected chi connectivity index (χ2v) is 7.68. The summed E-state index contributed by atoms with van der Waals surface area (Å²) in [6, 6.07) is 12.3. The molecule has 158 valence electrons. The van der Waals surface area contributed by atoms with Gasteiger partial charge in [0.1, 0.15) is 11.6 Å². The zero-order valence-electron chi connectivity index (χ0n) is 15.9. The second-order valence-electron chi connectivity index (χ2n) is 6.46. The average molecular weight is 480 g/mol. The first kappa shape index (κ1) is 21.2. The fourth-order valence-electron chi connectivity index (χ4n) is 2.95. The Morgan fingerprint density at radius 1 is 1.06 bits per heavy atom. The van der Waals surface area contributed by atoms with Crippen LogP contribution in [0.3, 0.4) is 0 Å². The Morgan fingerprint density at radius 3 is 2.48 bits per heavy atom. The van der Waals surface area contributed by atoms with Gasteiger partial charge in [-0.25, -0.2) is 9.37 Å². The molecule has 3 N–H and O–H groups in total. The molecule has 10 heteroatoms. The van der Waals surface area contributed by atoms with Crippen molar-refractivity contribution in [1.29, 1.82) is 0 Å². The van der Waals surface area contributed by atoms with Gasteiger partial charge < -0.3 is 20.4 Å².